The molecular weight excluding hydrogens is 248 g/mol. The van der Waals surface area contributed by atoms with Gasteiger partial charge in [0, 0.05) is 22.2 Å². The van der Waals surface area contributed by atoms with Crippen LogP contribution in [0.2, 0.25) is 0 Å². The van der Waals surface area contributed by atoms with Crippen molar-refractivity contribution in [2.75, 3.05) is 0 Å². The third kappa shape index (κ3) is 2.86. The van der Waals surface area contributed by atoms with E-state index >= 15 is 0 Å². The van der Waals surface area contributed by atoms with Crippen molar-refractivity contribution in [1.29, 1.82) is 0 Å². The van der Waals surface area contributed by atoms with E-state index < -0.39 is 5.03 Å². The van der Waals surface area contributed by atoms with E-state index in [1.165, 1.54) is 6.21 Å². The predicted octanol–water partition coefficient (Wildman–Crippen LogP) is 0.906. The molecule has 2 aromatic rings. The zero-order valence-corrected chi connectivity index (χ0v) is 10.1. The number of aryl methyl sites for hydroxylation is 1. The molecule has 0 spiro atoms. The number of hydrogen-bond donors (Lipinski definition) is 3. The molecule has 0 radical (unpaired) electrons. The largest absolute Gasteiger partial charge is 0.363 e. The average molecular weight is 260 g/mol. The van der Waals surface area contributed by atoms with Crippen LogP contribution in [-0.2, 0) is 0 Å². The van der Waals surface area contributed by atoms with Gasteiger partial charge in [0.1, 0.15) is 5.10 Å². The molecule has 98 valence electrons. The first-order valence-corrected chi connectivity index (χ1v) is 5.43. The minimum atomic E-state index is -0.894. The van der Waals surface area contributed by atoms with E-state index in [1.807, 2.05) is 31.2 Å². The number of rotatable bonds is 3. The van der Waals surface area contributed by atoms with Gasteiger partial charge < -0.3 is 10.7 Å². The van der Waals surface area contributed by atoms with E-state index in [0.29, 0.717) is 0 Å². The summed E-state index contributed by atoms with van der Waals surface area (Å²) in [6.45, 7) is 1.91. The molecule has 0 saturated carbocycles. The summed E-state index contributed by atoms with van der Waals surface area (Å²) < 4.78 is 0. The summed E-state index contributed by atoms with van der Waals surface area (Å²) in [5.74, 6) is -0.376. The van der Waals surface area contributed by atoms with Gasteiger partial charge in [0.2, 0.25) is 0 Å². The Morgan fingerprint density at radius 2 is 2.26 bits per heavy atom. The number of H-pyrrole nitrogens is 1. The van der Waals surface area contributed by atoms with Gasteiger partial charge in [-0.25, -0.2) is 15.5 Å². The minimum absolute atomic E-state index is 0.376. The highest BCUT2D eigenvalue weighted by Crippen LogP contribution is 2.19. The number of para-hydroxylation sites is 1. The average Bonchev–Trinajstić information content (AvgIpc) is 2.65. The highest BCUT2D eigenvalue weighted by molar-refractivity contribution is 6.00. The first-order valence-electron chi connectivity index (χ1n) is 5.43. The fraction of sp³-hybridized carbons (Fsp3) is 0.0909. The van der Waals surface area contributed by atoms with Gasteiger partial charge in [0.05, 0.1) is 6.21 Å². The highest BCUT2D eigenvalue weighted by atomic mass is 16.7. The Balaban J connectivity index is 2.22. The van der Waals surface area contributed by atoms with Crippen molar-refractivity contribution in [2.45, 2.75) is 6.92 Å². The van der Waals surface area contributed by atoms with Crippen molar-refractivity contribution in [2.24, 2.45) is 15.9 Å². The van der Waals surface area contributed by atoms with Crippen molar-refractivity contribution < 1.29 is 5.03 Å². The number of nitrogens with one attached hydrogen (secondary N) is 2. The summed E-state index contributed by atoms with van der Waals surface area (Å²) in [5, 5.41) is 16.9. The maximum absolute atomic E-state index is 10.1. The Hall–Kier alpha value is -2.90. The fourth-order valence-electron chi connectivity index (χ4n) is 1.74. The molecule has 1 aromatic carbocycles. The predicted molar refractivity (Wildman–Crippen MR) is 72.4 cm³/mol. The van der Waals surface area contributed by atoms with Crippen LogP contribution in [0.25, 0.3) is 10.9 Å². The summed E-state index contributed by atoms with van der Waals surface area (Å²) in [6.07, 6.45) is 1.54. The van der Waals surface area contributed by atoms with Gasteiger partial charge in [-0.05, 0) is 13.0 Å². The molecule has 0 aliphatic heterocycles. The lowest BCUT2D eigenvalue weighted by Gasteiger charge is -1.95. The third-order valence-electron chi connectivity index (χ3n) is 2.51. The summed E-state index contributed by atoms with van der Waals surface area (Å²) >= 11 is 0. The van der Waals surface area contributed by atoms with E-state index in [1.54, 1.807) is 0 Å². The Bertz CT molecular complexity index is 673. The molecular formula is C11H12N6O2. The quantitative estimate of drug-likeness (QED) is 0.328. The fourth-order valence-corrected chi connectivity index (χ4v) is 1.74. The summed E-state index contributed by atoms with van der Waals surface area (Å²) in [7, 11) is 0. The Labute approximate surface area is 108 Å². The monoisotopic (exact) mass is 260 g/mol. The number of hydrogen-bond acceptors (Lipinski definition) is 3. The molecule has 1 heterocycles. The van der Waals surface area contributed by atoms with E-state index in [9.17, 15) is 10.1 Å². The molecule has 19 heavy (non-hydrogen) atoms. The molecule has 1 aromatic heterocycles. The maximum atomic E-state index is 10.1. The molecule has 2 rings (SSSR count). The van der Waals surface area contributed by atoms with E-state index in [4.69, 9.17) is 5.73 Å². The molecule has 8 heteroatoms. The molecule has 0 saturated heterocycles. The van der Waals surface area contributed by atoms with Crippen LogP contribution in [-0.4, -0.2) is 22.2 Å². The third-order valence-corrected chi connectivity index (χ3v) is 2.51. The number of aromatic amines is 1. The van der Waals surface area contributed by atoms with Crippen molar-refractivity contribution >= 4 is 23.1 Å². The minimum Gasteiger partial charge on any atom is -0.363 e. The first kappa shape index (κ1) is 12.6. The summed E-state index contributed by atoms with van der Waals surface area (Å²) in [6, 6.07) is 7.76. The number of benzene rings is 1. The van der Waals surface area contributed by atoms with E-state index in [0.717, 1.165) is 22.2 Å². The number of guanidine groups is 1. The molecule has 0 aliphatic carbocycles. The number of hydrazone groups is 2. The summed E-state index contributed by atoms with van der Waals surface area (Å²) in [4.78, 5) is 13.3. The Morgan fingerprint density at radius 3 is 3.00 bits per heavy atom. The number of nitrogens with two attached hydrogens (primary N) is 1. The SMILES string of the molecule is Cc1[nH]c2ccccc2c1C=NNC(N)=N[N+](=O)[O-]. The number of fused-ring (bicyclic) bond motifs is 1. The number of nitrogens with zero attached hydrogens (tertiary/aromatic N) is 3. The lowest BCUT2D eigenvalue weighted by Crippen LogP contribution is -2.28. The standard InChI is InChI=1S/C11H12N6O2/c1-7-9(6-13-15-11(12)16-17(18)19)8-4-2-3-5-10(8)14-7/h2-6,14H,1H3,(H3,12,15,16). The Morgan fingerprint density at radius 1 is 1.53 bits per heavy atom. The van der Waals surface area contributed by atoms with Crippen LogP contribution in [0.5, 0.6) is 0 Å². The molecule has 0 bridgehead atoms. The molecule has 4 N–H and O–H groups in total. The van der Waals surface area contributed by atoms with Crippen molar-refractivity contribution in [3.05, 3.63) is 45.6 Å². The van der Waals surface area contributed by atoms with Crippen LogP contribution in [0.3, 0.4) is 0 Å². The summed E-state index contributed by atoms with van der Waals surface area (Å²) in [5.41, 5.74) is 10.3. The van der Waals surface area contributed by atoms with Gasteiger partial charge in [0.25, 0.3) is 5.96 Å². The topological polar surface area (TPSA) is 122 Å². The second-order valence-corrected chi connectivity index (χ2v) is 3.80. The lowest BCUT2D eigenvalue weighted by atomic mass is 10.1. The van der Waals surface area contributed by atoms with Gasteiger partial charge in [-0.2, -0.15) is 5.10 Å². The van der Waals surface area contributed by atoms with Crippen molar-refractivity contribution in [1.82, 2.24) is 10.4 Å². The maximum Gasteiger partial charge on any atom is 0.286 e. The van der Waals surface area contributed by atoms with E-state index in [-0.39, 0.29) is 5.96 Å². The lowest BCUT2D eigenvalue weighted by molar-refractivity contribution is -0.485. The molecule has 0 atom stereocenters. The molecule has 0 fully saturated rings. The molecule has 0 aliphatic rings. The zero-order valence-electron chi connectivity index (χ0n) is 10.1. The normalized spacial score (nSPS) is 12.2. The highest BCUT2D eigenvalue weighted by Gasteiger charge is 2.05. The smallest absolute Gasteiger partial charge is 0.286 e. The van der Waals surface area contributed by atoms with Gasteiger partial charge in [-0.15, -0.1) is 0 Å². The van der Waals surface area contributed by atoms with Crippen LogP contribution >= 0.6 is 0 Å². The zero-order chi connectivity index (χ0) is 13.8. The second-order valence-electron chi connectivity index (χ2n) is 3.80. The van der Waals surface area contributed by atoms with Crippen LogP contribution < -0.4 is 11.2 Å². The molecule has 0 unspecified atom stereocenters. The van der Waals surface area contributed by atoms with Crippen molar-refractivity contribution in [3.8, 4) is 0 Å². The van der Waals surface area contributed by atoms with Crippen LogP contribution in [0, 0.1) is 17.0 Å². The number of nitro groups is 1. The van der Waals surface area contributed by atoms with Crippen LogP contribution in [0.15, 0.2) is 34.5 Å². The van der Waals surface area contributed by atoms with Gasteiger partial charge in [0.15, 0.2) is 5.03 Å². The molecule has 8 nitrogen and oxygen atoms in total. The van der Waals surface area contributed by atoms with Gasteiger partial charge >= 0.3 is 0 Å². The second kappa shape index (κ2) is 5.17. The first-order chi connectivity index (χ1) is 9.08. The van der Waals surface area contributed by atoms with Gasteiger partial charge in [-0.3, -0.25) is 0 Å². The van der Waals surface area contributed by atoms with Crippen LogP contribution in [0.4, 0.5) is 0 Å². The Kier molecular flexibility index (Phi) is 3.42. The molecule has 0 amide bonds. The van der Waals surface area contributed by atoms with Crippen molar-refractivity contribution in [3.63, 3.8) is 0 Å². The number of aromatic nitrogens is 1. The van der Waals surface area contributed by atoms with Gasteiger partial charge in [-0.1, -0.05) is 18.2 Å². The van der Waals surface area contributed by atoms with E-state index in [2.05, 4.69) is 20.6 Å². The van der Waals surface area contributed by atoms with Crippen LogP contribution in [0.1, 0.15) is 11.3 Å².